The highest BCUT2D eigenvalue weighted by atomic mass is 16.3. The average molecular weight is 650 g/mol. The third-order valence-electron chi connectivity index (χ3n) is 9.21. The normalized spacial score (nSPS) is 19.3. The van der Waals surface area contributed by atoms with Crippen molar-refractivity contribution in [3.05, 3.63) is 0 Å². The predicted molar refractivity (Wildman–Crippen MR) is 175 cm³/mol. The molecule has 2 rings (SSSR count). The number of hydrogen-bond donors (Lipinski definition) is 2. The number of unbranched alkanes of at least 4 members (excludes halogenated alkanes) is 4. The summed E-state index contributed by atoms with van der Waals surface area (Å²) in [5.41, 5.74) is 0. The summed E-state index contributed by atoms with van der Waals surface area (Å²) in [7, 11) is 3.06. The zero-order chi connectivity index (χ0) is 34.7. The van der Waals surface area contributed by atoms with Gasteiger partial charge in [-0.1, -0.05) is 60.3 Å². The van der Waals surface area contributed by atoms with Gasteiger partial charge in [0, 0.05) is 40.0 Å². The molecule has 0 aromatic rings. The zero-order valence-electron chi connectivity index (χ0n) is 29.4. The Morgan fingerprint density at radius 3 is 2.13 bits per heavy atom. The Bertz CT molecular complexity index is 1080. The van der Waals surface area contributed by atoms with Gasteiger partial charge in [-0.3, -0.25) is 33.7 Å². The number of nitrogens with one attached hydrogen (secondary N) is 1. The quantitative estimate of drug-likeness (QED) is 0.182. The molecule has 12 heteroatoms. The molecule has 5 atom stereocenters. The lowest BCUT2D eigenvalue weighted by molar-refractivity contribution is -0.154. The average Bonchev–Trinajstić information content (AvgIpc) is 3.66. The van der Waals surface area contributed by atoms with Crippen molar-refractivity contribution in [3.63, 3.8) is 0 Å². The number of amides is 6. The lowest BCUT2D eigenvalue weighted by atomic mass is 9.98. The molecule has 0 aromatic heterocycles. The van der Waals surface area contributed by atoms with Crippen molar-refractivity contribution >= 4 is 35.4 Å². The van der Waals surface area contributed by atoms with Gasteiger partial charge in [-0.25, -0.2) is 0 Å². The van der Waals surface area contributed by atoms with Gasteiger partial charge in [0.05, 0.1) is 6.10 Å². The summed E-state index contributed by atoms with van der Waals surface area (Å²) in [6, 6.07) is -3.95. The van der Waals surface area contributed by atoms with Crippen LogP contribution in [0.15, 0.2) is 0 Å². The van der Waals surface area contributed by atoms with Crippen molar-refractivity contribution in [1.29, 1.82) is 0 Å². The van der Waals surface area contributed by atoms with Crippen LogP contribution in [0.5, 0.6) is 0 Å². The van der Waals surface area contributed by atoms with Crippen LogP contribution in [0, 0.1) is 11.8 Å². The van der Waals surface area contributed by atoms with E-state index in [-0.39, 0.29) is 29.6 Å². The number of nitrogens with zero attached hydrogens (tertiary/aromatic N) is 4. The molecular weight excluding hydrogens is 590 g/mol. The van der Waals surface area contributed by atoms with Gasteiger partial charge in [0.1, 0.15) is 24.2 Å². The number of aliphatic hydroxyl groups is 1. The number of rotatable bonds is 17. The highest BCUT2D eigenvalue weighted by Gasteiger charge is 2.45. The Kier molecular flexibility index (Phi) is 15.6. The van der Waals surface area contributed by atoms with E-state index in [0.717, 1.165) is 32.1 Å². The van der Waals surface area contributed by atoms with Crippen LogP contribution in [0.1, 0.15) is 112 Å². The lowest BCUT2D eigenvalue weighted by Crippen LogP contribution is -2.62. The minimum absolute atomic E-state index is 0.0776. The largest absolute Gasteiger partial charge is 0.391 e. The van der Waals surface area contributed by atoms with E-state index in [0.29, 0.717) is 51.6 Å². The summed E-state index contributed by atoms with van der Waals surface area (Å²) in [4.78, 5) is 85.5. The van der Waals surface area contributed by atoms with E-state index >= 15 is 0 Å². The molecule has 46 heavy (non-hydrogen) atoms. The molecule has 6 amide bonds. The third-order valence-corrected chi connectivity index (χ3v) is 9.21. The van der Waals surface area contributed by atoms with Crippen molar-refractivity contribution < 1.29 is 33.9 Å². The van der Waals surface area contributed by atoms with Crippen molar-refractivity contribution in [2.75, 3.05) is 27.2 Å². The molecule has 0 spiro atoms. The molecule has 2 saturated heterocycles. The first-order valence-corrected chi connectivity index (χ1v) is 17.3. The van der Waals surface area contributed by atoms with Crippen molar-refractivity contribution in [2.24, 2.45) is 11.8 Å². The first-order valence-electron chi connectivity index (χ1n) is 17.3. The van der Waals surface area contributed by atoms with E-state index in [1.165, 1.54) is 33.6 Å². The second-order valence-corrected chi connectivity index (χ2v) is 13.9. The second kappa shape index (κ2) is 18.4. The van der Waals surface area contributed by atoms with Gasteiger partial charge in [-0.05, 0) is 50.9 Å². The number of carbonyl (C=O) groups excluding carboxylic acids is 6. The SMILES string of the molecule is CCCCCCCC(=O)N(C)[C@@H](CC(C)C)C(=O)N[C@H](C(=O)N(C)[C@H](C(=O)N1CCC[C@H]1C(=O)N1CCCC1=O)C(C)C)[C@@H](C)O. The summed E-state index contributed by atoms with van der Waals surface area (Å²) < 4.78 is 0. The standard InChI is InChI=1S/C34H59N5O7/c1-9-10-11-12-13-17-27(41)36(7)26(21-22(2)3)31(43)35-29(24(6)40)33(45)37(8)30(23(4)5)34(46)38-19-14-16-25(38)32(44)39-20-15-18-28(39)42/h22-26,29-30,40H,9-21H2,1-8H3,(H,35,43)/t24-,25+,26+,29+,30+/m1/s1. The van der Waals surface area contributed by atoms with Crippen LogP contribution >= 0.6 is 0 Å². The predicted octanol–water partition coefficient (Wildman–Crippen LogP) is 2.71. The number of carbonyl (C=O) groups is 6. The first-order chi connectivity index (χ1) is 21.6. The van der Waals surface area contributed by atoms with Gasteiger partial charge in [0.25, 0.3) is 5.91 Å². The maximum atomic E-state index is 14.0. The van der Waals surface area contributed by atoms with Gasteiger partial charge < -0.3 is 25.1 Å². The Morgan fingerprint density at radius 2 is 1.59 bits per heavy atom. The molecule has 2 aliphatic rings. The van der Waals surface area contributed by atoms with Crippen LogP contribution in [0.4, 0.5) is 0 Å². The number of likely N-dealkylation sites (tertiary alicyclic amines) is 2. The fourth-order valence-electron chi connectivity index (χ4n) is 6.53. The van der Waals surface area contributed by atoms with E-state index in [2.05, 4.69) is 12.2 Å². The molecule has 262 valence electrons. The lowest BCUT2D eigenvalue weighted by Gasteiger charge is -2.38. The Morgan fingerprint density at radius 1 is 0.935 bits per heavy atom. The summed E-state index contributed by atoms with van der Waals surface area (Å²) >= 11 is 0. The van der Waals surface area contributed by atoms with E-state index in [4.69, 9.17) is 0 Å². The molecule has 12 nitrogen and oxygen atoms in total. The molecule has 0 saturated carbocycles. The van der Waals surface area contributed by atoms with Crippen molar-refractivity contribution in [3.8, 4) is 0 Å². The minimum atomic E-state index is -1.36. The minimum Gasteiger partial charge on any atom is -0.391 e. The van der Waals surface area contributed by atoms with Crippen molar-refractivity contribution in [2.45, 2.75) is 142 Å². The van der Waals surface area contributed by atoms with Crippen LogP contribution in [0.2, 0.25) is 0 Å². The highest BCUT2D eigenvalue weighted by Crippen LogP contribution is 2.26. The monoisotopic (exact) mass is 649 g/mol. The summed E-state index contributed by atoms with van der Waals surface area (Å²) in [6.07, 6.45) is 6.32. The summed E-state index contributed by atoms with van der Waals surface area (Å²) in [6.45, 7) is 11.7. The first kappa shape index (κ1) is 39.2. The van der Waals surface area contributed by atoms with Gasteiger partial charge in [0.2, 0.25) is 29.5 Å². The fraction of sp³-hybridized carbons (Fsp3) is 0.824. The number of hydrogen-bond acceptors (Lipinski definition) is 7. The van der Waals surface area contributed by atoms with E-state index < -0.39 is 48.0 Å². The van der Waals surface area contributed by atoms with Gasteiger partial charge in [-0.15, -0.1) is 0 Å². The summed E-state index contributed by atoms with van der Waals surface area (Å²) in [5, 5.41) is 13.4. The Balaban J connectivity index is 2.21. The number of imide groups is 1. The molecule has 0 bridgehead atoms. The molecule has 0 unspecified atom stereocenters. The van der Waals surface area contributed by atoms with Gasteiger partial charge in [0.15, 0.2) is 0 Å². The van der Waals surface area contributed by atoms with E-state index in [1.54, 1.807) is 20.9 Å². The molecule has 2 heterocycles. The Labute approximate surface area is 275 Å². The summed E-state index contributed by atoms with van der Waals surface area (Å²) in [5.74, 6) is -2.65. The maximum absolute atomic E-state index is 14.0. The van der Waals surface area contributed by atoms with Crippen LogP contribution in [0.25, 0.3) is 0 Å². The van der Waals surface area contributed by atoms with Crippen molar-refractivity contribution in [1.82, 2.24) is 24.9 Å². The number of aliphatic hydroxyl groups excluding tert-OH is 1. The molecule has 0 aromatic carbocycles. The maximum Gasteiger partial charge on any atom is 0.251 e. The number of likely N-dealkylation sites (N-methyl/N-ethyl adjacent to an activating group) is 2. The molecule has 0 aliphatic carbocycles. The van der Waals surface area contributed by atoms with E-state index in [9.17, 15) is 33.9 Å². The van der Waals surface area contributed by atoms with Crippen LogP contribution in [-0.2, 0) is 28.8 Å². The zero-order valence-corrected chi connectivity index (χ0v) is 29.4. The molecular formula is C34H59N5O7. The second-order valence-electron chi connectivity index (χ2n) is 13.9. The van der Waals surface area contributed by atoms with Gasteiger partial charge in [-0.2, -0.15) is 0 Å². The van der Waals surface area contributed by atoms with Crippen LogP contribution < -0.4 is 5.32 Å². The smallest absolute Gasteiger partial charge is 0.251 e. The molecule has 0 radical (unpaired) electrons. The molecule has 2 fully saturated rings. The Hall–Kier alpha value is -3.02. The highest BCUT2D eigenvalue weighted by molar-refractivity contribution is 6.01. The van der Waals surface area contributed by atoms with Crippen LogP contribution in [0.3, 0.4) is 0 Å². The van der Waals surface area contributed by atoms with Crippen LogP contribution in [-0.4, -0.2) is 118 Å². The molecule has 2 N–H and O–H groups in total. The molecule has 2 aliphatic heterocycles. The fourth-order valence-corrected chi connectivity index (χ4v) is 6.53. The van der Waals surface area contributed by atoms with E-state index in [1.807, 2.05) is 13.8 Å². The van der Waals surface area contributed by atoms with Gasteiger partial charge >= 0.3 is 0 Å². The third kappa shape index (κ3) is 10.2. The topological polar surface area (TPSA) is 148 Å².